The van der Waals surface area contributed by atoms with Crippen LogP contribution in [0.4, 0.5) is 4.79 Å². The Bertz CT molecular complexity index is 683. The second kappa shape index (κ2) is 6.81. The summed E-state index contributed by atoms with van der Waals surface area (Å²) in [4.78, 5) is 11.9. The van der Waals surface area contributed by atoms with Crippen molar-refractivity contribution in [1.82, 2.24) is 4.72 Å². The van der Waals surface area contributed by atoms with Gasteiger partial charge in [-0.3, -0.25) is 0 Å². The molecule has 120 valence electrons. The number of sulfonamides is 1. The molecule has 0 bridgehead atoms. The van der Waals surface area contributed by atoms with Gasteiger partial charge < -0.3 is 4.74 Å². The fraction of sp³-hybridized carbons (Fsp3) is 0.375. The SMILES string of the molecule is C=C=CC(C)C(C)(C)OC(=O)NS(=O)(=O)c1ccc(C)cc1. The average molecular weight is 323 g/mol. The molecule has 0 aromatic heterocycles. The number of carbonyl (C=O) groups is 1. The molecular weight excluding hydrogens is 302 g/mol. The van der Waals surface area contributed by atoms with Gasteiger partial charge in [-0.15, -0.1) is 5.73 Å². The molecule has 1 rings (SSSR count). The summed E-state index contributed by atoms with van der Waals surface area (Å²) < 4.78 is 31.3. The molecular formula is C16H21NO4S. The molecule has 1 N–H and O–H groups in total. The van der Waals surface area contributed by atoms with Crippen molar-refractivity contribution in [2.45, 2.75) is 38.2 Å². The van der Waals surface area contributed by atoms with Crippen LogP contribution in [0.15, 0.2) is 47.5 Å². The zero-order valence-electron chi connectivity index (χ0n) is 13.2. The number of carbonyl (C=O) groups excluding carboxylic acids is 1. The highest BCUT2D eigenvalue weighted by Gasteiger charge is 2.30. The second-order valence-electron chi connectivity index (χ2n) is 5.57. The van der Waals surface area contributed by atoms with Crippen molar-refractivity contribution in [2.24, 2.45) is 5.92 Å². The van der Waals surface area contributed by atoms with Gasteiger partial charge in [0.1, 0.15) is 5.60 Å². The van der Waals surface area contributed by atoms with Crippen molar-refractivity contribution < 1.29 is 17.9 Å². The molecule has 0 aliphatic carbocycles. The first kappa shape index (κ1) is 18.0. The minimum atomic E-state index is -3.95. The lowest BCUT2D eigenvalue weighted by molar-refractivity contribution is 0.0169. The number of amides is 1. The molecule has 0 radical (unpaired) electrons. The van der Waals surface area contributed by atoms with Crippen LogP contribution < -0.4 is 4.72 Å². The number of aryl methyl sites for hydroxylation is 1. The van der Waals surface area contributed by atoms with Crippen LogP contribution in [0.1, 0.15) is 26.3 Å². The van der Waals surface area contributed by atoms with Gasteiger partial charge >= 0.3 is 6.09 Å². The van der Waals surface area contributed by atoms with Crippen LogP contribution in [0.3, 0.4) is 0 Å². The first-order valence-electron chi connectivity index (χ1n) is 6.77. The number of rotatable bonds is 5. The average Bonchev–Trinajstić information content (AvgIpc) is 2.37. The molecule has 5 nitrogen and oxygen atoms in total. The molecule has 0 aliphatic heterocycles. The van der Waals surface area contributed by atoms with Gasteiger partial charge in [-0.2, -0.15) is 0 Å². The summed E-state index contributed by atoms with van der Waals surface area (Å²) in [6, 6.07) is 6.17. The Morgan fingerprint density at radius 3 is 2.41 bits per heavy atom. The van der Waals surface area contributed by atoms with E-state index in [2.05, 4.69) is 12.3 Å². The predicted octanol–water partition coefficient (Wildman–Crippen LogP) is 3.17. The summed E-state index contributed by atoms with van der Waals surface area (Å²) in [5, 5.41) is 0. The number of nitrogens with one attached hydrogen (secondary N) is 1. The van der Waals surface area contributed by atoms with E-state index < -0.39 is 21.7 Å². The maximum atomic E-state index is 12.1. The third-order valence-electron chi connectivity index (χ3n) is 3.37. The Morgan fingerprint density at radius 2 is 1.91 bits per heavy atom. The van der Waals surface area contributed by atoms with Gasteiger partial charge in [-0.1, -0.05) is 31.2 Å². The Balaban J connectivity index is 2.84. The third kappa shape index (κ3) is 4.76. The Labute approximate surface area is 131 Å². The number of ether oxygens (including phenoxy) is 1. The van der Waals surface area contributed by atoms with E-state index >= 15 is 0 Å². The van der Waals surface area contributed by atoms with Gasteiger partial charge in [0.2, 0.25) is 0 Å². The molecule has 0 spiro atoms. The molecule has 1 atom stereocenters. The van der Waals surface area contributed by atoms with Crippen molar-refractivity contribution in [3.8, 4) is 0 Å². The lowest BCUT2D eigenvalue weighted by Gasteiger charge is -2.29. The lowest BCUT2D eigenvalue weighted by Crippen LogP contribution is -2.40. The van der Waals surface area contributed by atoms with Crippen molar-refractivity contribution in [2.75, 3.05) is 0 Å². The maximum Gasteiger partial charge on any atom is 0.421 e. The van der Waals surface area contributed by atoms with Gasteiger partial charge in [0.05, 0.1) is 4.90 Å². The molecule has 0 saturated heterocycles. The molecule has 1 aromatic carbocycles. The number of hydrogen-bond acceptors (Lipinski definition) is 4. The molecule has 22 heavy (non-hydrogen) atoms. The van der Waals surface area contributed by atoms with Crippen LogP contribution in [0.2, 0.25) is 0 Å². The first-order valence-corrected chi connectivity index (χ1v) is 8.25. The highest BCUT2D eigenvalue weighted by atomic mass is 32.2. The van der Waals surface area contributed by atoms with E-state index in [9.17, 15) is 13.2 Å². The minimum Gasteiger partial charge on any atom is -0.442 e. The standard InChI is InChI=1S/C16H21NO4S/c1-6-7-13(3)16(4,5)21-15(18)17-22(19,20)14-10-8-12(2)9-11-14/h7-11,13H,1H2,2-5H3,(H,17,18). The van der Waals surface area contributed by atoms with Crippen LogP contribution in [0, 0.1) is 12.8 Å². The highest BCUT2D eigenvalue weighted by molar-refractivity contribution is 7.90. The normalized spacial score (nSPS) is 12.9. The summed E-state index contributed by atoms with van der Waals surface area (Å²) in [5.41, 5.74) is 2.65. The largest absolute Gasteiger partial charge is 0.442 e. The van der Waals surface area contributed by atoms with Crippen LogP contribution >= 0.6 is 0 Å². The molecule has 1 amide bonds. The molecule has 0 fully saturated rings. The number of benzene rings is 1. The zero-order valence-corrected chi connectivity index (χ0v) is 14.0. The summed E-state index contributed by atoms with van der Waals surface area (Å²) >= 11 is 0. The Kier molecular flexibility index (Phi) is 5.58. The van der Waals surface area contributed by atoms with E-state index in [1.54, 1.807) is 32.1 Å². The second-order valence-corrected chi connectivity index (χ2v) is 7.25. The quantitative estimate of drug-likeness (QED) is 0.845. The summed E-state index contributed by atoms with van der Waals surface area (Å²) in [7, 11) is -3.95. The summed E-state index contributed by atoms with van der Waals surface area (Å²) in [6.45, 7) is 10.5. The lowest BCUT2D eigenvalue weighted by atomic mass is 9.93. The maximum absolute atomic E-state index is 12.1. The van der Waals surface area contributed by atoms with Crippen LogP contribution in [0.25, 0.3) is 0 Å². The van der Waals surface area contributed by atoms with E-state index in [-0.39, 0.29) is 10.8 Å². The van der Waals surface area contributed by atoms with Crippen molar-refractivity contribution >= 4 is 16.1 Å². The van der Waals surface area contributed by atoms with Crippen molar-refractivity contribution in [1.29, 1.82) is 0 Å². The first-order chi connectivity index (χ1) is 10.1. The van der Waals surface area contributed by atoms with Gasteiger partial charge in [-0.25, -0.2) is 17.9 Å². The van der Waals surface area contributed by atoms with E-state index in [4.69, 9.17) is 4.74 Å². The van der Waals surface area contributed by atoms with E-state index in [0.717, 1.165) is 5.56 Å². The van der Waals surface area contributed by atoms with Gasteiger partial charge in [-0.05, 0) is 39.0 Å². The number of hydrogen-bond donors (Lipinski definition) is 1. The molecule has 0 aliphatic rings. The predicted molar refractivity (Wildman–Crippen MR) is 84.9 cm³/mol. The van der Waals surface area contributed by atoms with Crippen LogP contribution in [-0.4, -0.2) is 20.1 Å². The van der Waals surface area contributed by atoms with Crippen LogP contribution in [-0.2, 0) is 14.8 Å². The van der Waals surface area contributed by atoms with Crippen molar-refractivity contribution in [3.05, 3.63) is 48.2 Å². The molecule has 0 heterocycles. The molecule has 6 heteroatoms. The van der Waals surface area contributed by atoms with E-state index in [0.29, 0.717) is 0 Å². The smallest absolute Gasteiger partial charge is 0.421 e. The monoisotopic (exact) mass is 323 g/mol. The van der Waals surface area contributed by atoms with Gasteiger partial charge in [0, 0.05) is 5.92 Å². The van der Waals surface area contributed by atoms with E-state index in [1.165, 1.54) is 12.1 Å². The summed E-state index contributed by atoms with van der Waals surface area (Å²) in [5.74, 6) is -0.169. The fourth-order valence-corrected chi connectivity index (χ4v) is 2.49. The van der Waals surface area contributed by atoms with Crippen molar-refractivity contribution in [3.63, 3.8) is 0 Å². The van der Waals surface area contributed by atoms with E-state index in [1.807, 2.05) is 18.6 Å². The molecule has 0 saturated carbocycles. The summed E-state index contributed by atoms with van der Waals surface area (Å²) in [6.07, 6.45) is 0.636. The molecule has 1 unspecified atom stereocenters. The van der Waals surface area contributed by atoms with Crippen LogP contribution in [0.5, 0.6) is 0 Å². The Morgan fingerprint density at radius 1 is 1.36 bits per heavy atom. The zero-order chi connectivity index (χ0) is 17.0. The topological polar surface area (TPSA) is 72.5 Å². The minimum absolute atomic E-state index is 0.00638. The van der Waals surface area contributed by atoms with Gasteiger partial charge in [0.25, 0.3) is 10.0 Å². The third-order valence-corrected chi connectivity index (χ3v) is 4.70. The Hall–Kier alpha value is -2.04. The molecule has 1 aromatic rings. The van der Waals surface area contributed by atoms with Gasteiger partial charge in [0.15, 0.2) is 0 Å². The fourth-order valence-electron chi connectivity index (χ4n) is 1.62. The highest BCUT2D eigenvalue weighted by Crippen LogP contribution is 2.22.